The van der Waals surface area contributed by atoms with E-state index in [1.54, 1.807) is 24.3 Å². The van der Waals surface area contributed by atoms with Gasteiger partial charge in [0.15, 0.2) is 0 Å². The number of ether oxygens (including phenoxy) is 1. The van der Waals surface area contributed by atoms with Crippen molar-refractivity contribution in [3.63, 3.8) is 0 Å². The Morgan fingerprint density at radius 1 is 0.854 bits per heavy atom. The zero-order valence-electron chi connectivity index (χ0n) is 28.0. The lowest BCUT2D eigenvalue weighted by Crippen LogP contribution is -2.46. The van der Waals surface area contributed by atoms with Crippen LogP contribution in [0.4, 0.5) is 21.0 Å². The summed E-state index contributed by atoms with van der Waals surface area (Å²) in [5, 5.41) is 35.1. The number of likely N-dealkylation sites (tertiary alicyclic amines) is 1. The molecule has 1 saturated heterocycles. The number of phenolic OH excluding ortho intramolecular Hbond substituents is 1. The van der Waals surface area contributed by atoms with Crippen molar-refractivity contribution in [1.82, 2.24) is 20.9 Å². The fourth-order valence-electron chi connectivity index (χ4n) is 5.45. The Labute approximate surface area is 284 Å². The molecule has 1 aliphatic rings. The molecule has 1 atom stereocenters. The van der Waals surface area contributed by atoms with Crippen LogP contribution in [0.25, 0.3) is 0 Å². The van der Waals surface area contributed by atoms with Crippen LogP contribution in [0, 0.1) is 0 Å². The molecule has 3 aromatic rings. The number of anilines is 2. The minimum atomic E-state index is -0.630. The van der Waals surface area contributed by atoms with Crippen LogP contribution in [0.3, 0.4) is 0 Å². The van der Waals surface area contributed by atoms with Crippen molar-refractivity contribution in [1.29, 1.82) is 0 Å². The summed E-state index contributed by atoms with van der Waals surface area (Å²) in [5.74, 6) is 0.786. The predicted octanol–water partition coefficient (Wildman–Crippen LogP) is 5.45. The van der Waals surface area contributed by atoms with Gasteiger partial charge in [-0.15, -0.1) is 0 Å². The highest BCUT2D eigenvalue weighted by atomic mass is 16.5. The number of amides is 4. The lowest BCUT2D eigenvalue weighted by Gasteiger charge is -2.33. The summed E-state index contributed by atoms with van der Waals surface area (Å²) in [5.41, 5.74) is 3.97. The molecule has 0 unspecified atom stereocenters. The first-order chi connectivity index (χ1) is 23.4. The summed E-state index contributed by atoms with van der Waals surface area (Å²) in [7, 11) is 0. The second-order valence-corrected chi connectivity index (χ2v) is 12.3. The fourth-order valence-corrected chi connectivity index (χ4v) is 5.45. The van der Waals surface area contributed by atoms with Gasteiger partial charge >= 0.3 is 12.1 Å². The summed E-state index contributed by atoms with van der Waals surface area (Å²) in [6.45, 7) is 5.99. The zero-order valence-corrected chi connectivity index (χ0v) is 28.0. The highest BCUT2D eigenvalue weighted by Crippen LogP contribution is 2.19. The molecule has 0 aliphatic carbocycles. The van der Waals surface area contributed by atoms with Crippen molar-refractivity contribution >= 4 is 23.4 Å². The number of nitrogens with zero attached hydrogens (tertiary/aromatic N) is 1. The first-order valence-electron chi connectivity index (χ1n) is 17.2. The van der Waals surface area contributed by atoms with E-state index in [9.17, 15) is 19.8 Å². The smallest absolute Gasteiger partial charge is 0.319 e. The van der Waals surface area contributed by atoms with Gasteiger partial charge in [0.2, 0.25) is 0 Å². The lowest BCUT2D eigenvalue weighted by atomic mass is 10.0. The lowest BCUT2D eigenvalue weighted by molar-refractivity contribution is 0.106. The number of piperidine rings is 1. The summed E-state index contributed by atoms with van der Waals surface area (Å²) in [6, 6.07) is 22.4. The molecule has 4 amide bonds. The van der Waals surface area contributed by atoms with Crippen LogP contribution in [0.5, 0.6) is 11.5 Å². The van der Waals surface area contributed by atoms with E-state index in [0.29, 0.717) is 44.5 Å². The number of rotatable bonds is 18. The largest absolute Gasteiger partial charge is 0.508 e. The Kier molecular flexibility index (Phi) is 15.2. The number of carbonyl (C=O) groups excluding carboxylic acids is 2. The predicted molar refractivity (Wildman–Crippen MR) is 191 cm³/mol. The van der Waals surface area contributed by atoms with E-state index in [2.05, 4.69) is 57.8 Å². The maximum Gasteiger partial charge on any atom is 0.319 e. The Morgan fingerprint density at radius 3 is 2.25 bits per heavy atom. The van der Waals surface area contributed by atoms with E-state index in [-0.39, 0.29) is 24.4 Å². The van der Waals surface area contributed by atoms with Crippen LogP contribution in [0.1, 0.15) is 56.6 Å². The van der Waals surface area contributed by atoms with Gasteiger partial charge in [0, 0.05) is 50.1 Å². The minimum absolute atomic E-state index is 0.0616. The fraction of sp³-hybridized carbons (Fsp3) is 0.459. The topological polar surface area (TPSA) is 147 Å². The zero-order chi connectivity index (χ0) is 34.0. The van der Waals surface area contributed by atoms with Gasteiger partial charge in [0.05, 0.1) is 0 Å². The van der Waals surface area contributed by atoms with Crippen LogP contribution in [0.15, 0.2) is 72.8 Å². The van der Waals surface area contributed by atoms with Gasteiger partial charge in [-0.1, -0.05) is 50.5 Å². The molecule has 1 fully saturated rings. The Hall–Kier alpha value is -4.48. The number of hydrogen-bond donors (Lipinski definition) is 7. The van der Waals surface area contributed by atoms with Crippen molar-refractivity contribution in [3.05, 3.63) is 83.9 Å². The number of carbonyl (C=O) groups is 2. The van der Waals surface area contributed by atoms with Crippen molar-refractivity contribution in [2.24, 2.45) is 0 Å². The number of phenols is 1. The van der Waals surface area contributed by atoms with Gasteiger partial charge < -0.3 is 46.4 Å². The van der Waals surface area contributed by atoms with Crippen LogP contribution < -0.4 is 31.3 Å². The van der Waals surface area contributed by atoms with Crippen LogP contribution in [0.2, 0.25) is 0 Å². The molecule has 3 aromatic carbocycles. The summed E-state index contributed by atoms with van der Waals surface area (Å²) in [4.78, 5) is 26.7. The number of aliphatic hydroxyl groups excluding tert-OH is 1. The number of unbranched alkanes of at least 4 members (excludes halogenated alkanes) is 3. The summed E-state index contributed by atoms with van der Waals surface area (Å²) < 4.78 is 5.54. The second-order valence-electron chi connectivity index (χ2n) is 12.3. The molecule has 1 aliphatic heterocycles. The molecule has 0 spiro atoms. The normalized spacial score (nSPS) is 13.8. The quantitative estimate of drug-likeness (QED) is 0.0898. The van der Waals surface area contributed by atoms with E-state index in [4.69, 9.17) is 4.74 Å². The van der Waals surface area contributed by atoms with E-state index < -0.39 is 6.10 Å². The number of benzene rings is 3. The molecule has 0 radical (unpaired) electrons. The van der Waals surface area contributed by atoms with Crippen molar-refractivity contribution in [2.75, 3.05) is 50.0 Å². The monoisotopic (exact) mass is 660 g/mol. The van der Waals surface area contributed by atoms with Crippen molar-refractivity contribution < 1.29 is 24.5 Å². The molecule has 0 bridgehead atoms. The second kappa shape index (κ2) is 20.0. The minimum Gasteiger partial charge on any atom is -0.508 e. The van der Waals surface area contributed by atoms with Crippen molar-refractivity contribution in [3.8, 4) is 11.5 Å². The molecular weight excluding hydrogens is 608 g/mol. The summed E-state index contributed by atoms with van der Waals surface area (Å²) >= 11 is 0. The van der Waals surface area contributed by atoms with Gasteiger partial charge in [0.1, 0.15) is 24.2 Å². The molecule has 11 nitrogen and oxygen atoms in total. The Balaban J connectivity index is 1.05. The summed E-state index contributed by atoms with van der Waals surface area (Å²) in [6.07, 6.45) is 6.43. The van der Waals surface area contributed by atoms with Gasteiger partial charge in [0.25, 0.3) is 0 Å². The maximum atomic E-state index is 12.8. The molecule has 1 heterocycles. The van der Waals surface area contributed by atoms with Crippen LogP contribution >= 0.6 is 0 Å². The third kappa shape index (κ3) is 13.3. The SMILES string of the molecule is CCCCCCNC(=O)Nc1ccc(CNC(=O)N2CCC(Nc3ccc(CCNC[C@H](O)COc4ccc(O)cc4)cc3)CC2)cc1. The highest BCUT2D eigenvalue weighted by Gasteiger charge is 2.22. The third-order valence-corrected chi connectivity index (χ3v) is 8.33. The van der Waals surface area contributed by atoms with E-state index >= 15 is 0 Å². The average Bonchev–Trinajstić information content (AvgIpc) is 3.10. The maximum absolute atomic E-state index is 12.8. The molecule has 11 heteroatoms. The van der Waals surface area contributed by atoms with E-state index in [1.165, 1.54) is 18.4 Å². The number of aromatic hydroxyl groups is 1. The standard InChI is InChI=1S/C37H52N6O5/c1-2-3-4-5-21-39-36(46)42-31-12-8-29(9-13-31)25-40-37(47)43-23-19-32(20-24-43)41-30-10-6-28(7-11-30)18-22-38-26-34(45)27-48-35-16-14-33(44)15-17-35/h6-17,32,34,38,41,44-45H,2-5,18-27H2,1H3,(H,40,47)(H2,39,42,46)/t34-/m0/s1. The molecule has 0 aromatic heterocycles. The molecule has 260 valence electrons. The van der Waals surface area contributed by atoms with Crippen LogP contribution in [-0.2, 0) is 13.0 Å². The molecule has 0 saturated carbocycles. The van der Waals surface area contributed by atoms with Crippen LogP contribution in [-0.4, -0.2) is 78.7 Å². The molecule has 4 rings (SSSR count). The van der Waals surface area contributed by atoms with Gasteiger partial charge in [-0.2, -0.15) is 0 Å². The first kappa shape index (κ1) is 36.4. The number of nitrogens with one attached hydrogen (secondary N) is 5. The number of aliphatic hydroxyl groups is 1. The first-order valence-corrected chi connectivity index (χ1v) is 17.2. The molecular formula is C37H52N6O5. The highest BCUT2D eigenvalue weighted by molar-refractivity contribution is 5.89. The van der Waals surface area contributed by atoms with Gasteiger partial charge in [-0.3, -0.25) is 0 Å². The van der Waals surface area contributed by atoms with Gasteiger partial charge in [-0.25, -0.2) is 9.59 Å². The number of hydrogen-bond acceptors (Lipinski definition) is 7. The van der Waals surface area contributed by atoms with E-state index in [1.807, 2.05) is 29.2 Å². The third-order valence-electron chi connectivity index (χ3n) is 8.33. The Bertz CT molecular complexity index is 1360. The average molecular weight is 661 g/mol. The van der Waals surface area contributed by atoms with Crippen molar-refractivity contribution in [2.45, 2.75) is 70.6 Å². The molecule has 7 N–H and O–H groups in total. The number of urea groups is 2. The van der Waals surface area contributed by atoms with Gasteiger partial charge in [-0.05, 0) is 91.9 Å². The van der Waals surface area contributed by atoms with E-state index in [0.717, 1.165) is 55.6 Å². The Morgan fingerprint density at radius 2 is 1.54 bits per heavy atom. The molecule has 48 heavy (non-hydrogen) atoms.